The molecule has 0 aromatic heterocycles. The summed E-state index contributed by atoms with van der Waals surface area (Å²) in [6, 6.07) is 0.822. The summed E-state index contributed by atoms with van der Waals surface area (Å²) in [4.78, 5) is 21.6. The fourth-order valence-electron chi connectivity index (χ4n) is 1.16. The molecule has 0 fully saturated rings. The fraction of sp³-hybridized carbons (Fsp3) is 0.200. The summed E-state index contributed by atoms with van der Waals surface area (Å²) in [5.41, 5.74) is -0.00435. The van der Waals surface area contributed by atoms with Crippen LogP contribution in [-0.2, 0) is 4.79 Å². The number of carbonyl (C=O) groups is 2. The standard InChI is InChI=1S/C10H7Cl2FO3/c1-4-9(11)5(2-6(13)10(4)12)7(14)3-8(15)16/h2H,3H2,1H3,(H,15,16)/p-1. The lowest BCUT2D eigenvalue weighted by molar-refractivity contribution is -0.304. The summed E-state index contributed by atoms with van der Waals surface area (Å²) in [6.07, 6.45) is -0.847. The molecule has 0 saturated heterocycles. The first kappa shape index (κ1) is 12.9. The third-order valence-corrected chi connectivity index (χ3v) is 2.93. The Balaban J connectivity index is 3.25. The zero-order valence-electron chi connectivity index (χ0n) is 8.14. The Morgan fingerprint density at radius 2 is 1.94 bits per heavy atom. The van der Waals surface area contributed by atoms with Gasteiger partial charge >= 0.3 is 0 Å². The van der Waals surface area contributed by atoms with Gasteiger partial charge in [0.15, 0.2) is 5.78 Å². The average Bonchev–Trinajstić information content (AvgIpc) is 2.19. The van der Waals surface area contributed by atoms with Gasteiger partial charge in [-0.1, -0.05) is 23.2 Å². The number of carboxylic acid groups (broad SMARTS) is 1. The van der Waals surface area contributed by atoms with Gasteiger partial charge in [0.2, 0.25) is 0 Å². The van der Waals surface area contributed by atoms with Crippen LogP contribution in [0.2, 0.25) is 10.0 Å². The highest BCUT2D eigenvalue weighted by Crippen LogP contribution is 2.30. The number of rotatable bonds is 3. The Hall–Kier alpha value is -1.13. The first-order chi connectivity index (χ1) is 7.34. The van der Waals surface area contributed by atoms with E-state index in [-0.39, 0.29) is 21.2 Å². The molecule has 0 aliphatic carbocycles. The molecule has 1 rings (SSSR count). The van der Waals surface area contributed by atoms with Gasteiger partial charge in [0.25, 0.3) is 0 Å². The molecule has 6 heteroatoms. The van der Waals surface area contributed by atoms with Crippen LogP contribution in [0.25, 0.3) is 0 Å². The van der Waals surface area contributed by atoms with E-state index in [4.69, 9.17) is 23.2 Å². The van der Waals surface area contributed by atoms with Crippen LogP contribution in [0.5, 0.6) is 0 Å². The topological polar surface area (TPSA) is 57.2 Å². The maximum Gasteiger partial charge on any atom is 0.170 e. The van der Waals surface area contributed by atoms with Crippen LogP contribution in [0.3, 0.4) is 0 Å². The van der Waals surface area contributed by atoms with Gasteiger partial charge in [-0.05, 0) is 18.6 Å². The first-order valence-corrected chi connectivity index (χ1v) is 4.97. The highest BCUT2D eigenvalue weighted by molar-refractivity contribution is 6.38. The molecule has 86 valence electrons. The Morgan fingerprint density at radius 1 is 1.38 bits per heavy atom. The van der Waals surface area contributed by atoms with Crippen LogP contribution >= 0.6 is 23.2 Å². The Labute approximate surface area is 101 Å². The zero-order valence-corrected chi connectivity index (χ0v) is 9.65. The Bertz CT molecular complexity index is 472. The van der Waals surface area contributed by atoms with Crippen LogP contribution in [0, 0.1) is 12.7 Å². The molecule has 0 amide bonds. The van der Waals surface area contributed by atoms with Crippen molar-refractivity contribution in [1.29, 1.82) is 0 Å². The van der Waals surface area contributed by atoms with Gasteiger partial charge in [-0.15, -0.1) is 0 Å². The predicted molar refractivity (Wildman–Crippen MR) is 55.1 cm³/mol. The maximum absolute atomic E-state index is 13.2. The third kappa shape index (κ3) is 2.51. The maximum atomic E-state index is 13.2. The summed E-state index contributed by atoms with van der Waals surface area (Å²) >= 11 is 11.3. The minimum absolute atomic E-state index is 0.0438. The molecule has 0 aliphatic heterocycles. The number of halogens is 3. The van der Waals surface area contributed by atoms with Crippen molar-refractivity contribution >= 4 is 35.0 Å². The SMILES string of the molecule is Cc1c(Cl)c(F)cc(C(=O)CC(=O)[O-])c1Cl. The van der Waals surface area contributed by atoms with Crippen molar-refractivity contribution in [3.63, 3.8) is 0 Å². The third-order valence-electron chi connectivity index (χ3n) is 1.98. The van der Waals surface area contributed by atoms with E-state index in [1.165, 1.54) is 6.92 Å². The molecule has 1 aromatic rings. The molecule has 0 bridgehead atoms. The second-order valence-corrected chi connectivity index (χ2v) is 3.89. The molecule has 0 heterocycles. The minimum Gasteiger partial charge on any atom is -0.550 e. The Kier molecular flexibility index (Phi) is 3.88. The molecule has 0 saturated carbocycles. The van der Waals surface area contributed by atoms with Crippen molar-refractivity contribution in [3.05, 3.63) is 33.1 Å². The van der Waals surface area contributed by atoms with Crippen LogP contribution in [0.4, 0.5) is 4.39 Å². The second-order valence-electron chi connectivity index (χ2n) is 3.13. The highest BCUT2D eigenvalue weighted by atomic mass is 35.5. The van der Waals surface area contributed by atoms with Gasteiger partial charge in [-0.2, -0.15) is 0 Å². The largest absolute Gasteiger partial charge is 0.550 e. The monoisotopic (exact) mass is 263 g/mol. The van der Waals surface area contributed by atoms with Crippen molar-refractivity contribution in [2.45, 2.75) is 13.3 Å². The quantitative estimate of drug-likeness (QED) is 0.475. The van der Waals surface area contributed by atoms with E-state index in [1.807, 2.05) is 0 Å². The number of hydrogen-bond acceptors (Lipinski definition) is 3. The van der Waals surface area contributed by atoms with E-state index in [1.54, 1.807) is 0 Å². The lowest BCUT2D eigenvalue weighted by Crippen LogP contribution is -2.25. The second kappa shape index (κ2) is 4.80. The van der Waals surface area contributed by atoms with Crippen molar-refractivity contribution in [1.82, 2.24) is 0 Å². The van der Waals surface area contributed by atoms with Crippen LogP contribution in [0.1, 0.15) is 22.3 Å². The molecule has 1 aromatic carbocycles. The number of carboxylic acids is 1. The fourth-order valence-corrected chi connectivity index (χ4v) is 1.61. The summed E-state index contributed by atoms with van der Waals surface area (Å²) in [6.45, 7) is 1.43. The summed E-state index contributed by atoms with van der Waals surface area (Å²) < 4.78 is 13.2. The molecular weight excluding hydrogens is 258 g/mol. The van der Waals surface area contributed by atoms with E-state index < -0.39 is 24.0 Å². The lowest BCUT2D eigenvalue weighted by atomic mass is 10.1. The number of benzene rings is 1. The van der Waals surface area contributed by atoms with E-state index >= 15 is 0 Å². The molecule has 0 spiro atoms. The predicted octanol–water partition coefficient (Wildman–Crippen LogP) is 1.76. The first-order valence-electron chi connectivity index (χ1n) is 4.21. The van der Waals surface area contributed by atoms with Crippen molar-refractivity contribution in [2.24, 2.45) is 0 Å². The van der Waals surface area contributed by atoms with Gasteiger partial charge in [0.1, 0.15) is 5.82 Å². The van der Waals surface area contributed by atoms with Crippen LogP contribution in [0.15, 0.2) is 6.07 Å². The van der Waals surface area contributed by atoms with Gasteiger partial charge in [-0.3, -0.25) is 4.79 Å². The van der Waals surface area contributed by atoms with E-state index in [2.05, 4.69) is 0 Å². The van der Waals surface area contributed by atoms with Crippen LogP contribution in [-0.4, -0.2) is 11.8 Å². The molecule has 0 aliphatic rings. The normalized spacial score (nSPS) is 10.2. The van der Waals surface area contributed by atoms with Gasteiger partial charge < -0.3 is 9.90 Å². The van der Waals surface area contributed by atoms with E-state index in [0.29, 0.717) is 0 Å². The summed E-state index contributed by atoms with van der Waals surface area (Å²) in [7, 11) is 0. The number of carbonyl (C=O) groups excluding carboxylic acids is 2. The molecular formula is C10H6Cl2FO3-. The van der Waals surface area contributed by atoms with Gasteiger partial charge in [0, 0.05) is 11.5 Å². The Morgan fingerprint density at radius 3 is 2.44 bits per heavy atom. The van der Waals surface area contributed by atoms with E-state index in [0.717, 1.165) is 6.07 Å². The summed E-state index contributed by atoms with van der Waals surface area (Å²) in [5, 5.41) is 10.0. The van der Waals surface area contributed by atoms with Crippen molar-refractivity contribution < 1.29 is 19.1 Å². The van der Waals surface area contributed by atoms with Gasteiger partial charge in [0.05, 0.1) is 16.5 Å². The minimum atomic E-state index is -1.55. The number of Topliss-reactive ketones (excluding diaryl/α,β-unsaturated/α-hetero) is 1. The molecule has 3 nitrogen and oxygen atoms in total. The average molecular weight is 264 g/mol. The zero-order chi connectivity index (χ0) is 12.5. The van der Waals surface area contributed by atoms with Gasteiger partial charge in [-0.25, -0.2) is 4.39 Å². The number of hydrogen-bond donors (Lipinski definition) is 0. The summed E-state index contributed by atoms with van der Waals surface area (Å²) in [5.74, 6) is -3.18. The highest BCUT2D eigenvalue weighted by Gasteiger charge is 2.17. The van der Waals surface area contributed by atoms with Crippen molar-refractivity contribution in [2.75, 3.05) is 0 Å². The van der Waals surface area contributed by atoms with Crippen LogP contribution < -0.4 is 5.11 Å². The smallest absolute Gasteiger partial charge is 0.170 e. The molecule has 16 heavy (non-hydrogen) atoms. The van der Waals surface area contributed by atoms with Crippen molar-refractivity contribution in [3.8, 4) is 0 Å². The molecule has 0 radical (unpaired) electrons. The molecule has 0 N–H and O–H groups in total. The molecule has 0 atom stereocenters. The number of aliphatic carboxylic acids is 1. The number of ketones is 1. The molecule has 0 unspecified atom stereocenters. The lowest BCUT2D eigenvalue weighted by Gasteiger charge is -2.09. The van der Waals surface area contributed by atoms with E-state index in [9.17, 15) is 19.1 Å².